The fourth-order valence-corrected chi connectivity index (χ4v) is 4.02. The van der Waals surface area contributed by atoms with E-state index in [1.54, 1.807) is 19.8 Å². The van der Waals surface area contributed by atoms with Crippen LogP contribution in [0.1, 0.15) is 91.2 Å². The molecule has 1 fully saturated rings. The van der Waals surface area contributed by atoms with Gasteiger partial charge in [0.05, 0.1) is 14.2 Å². The maximum absolute atomic E-state index is 5.41. The van der Waals surface area contributed by atoms with Crippen molar-refractivity contribution in [3.8, 4) is 5.75 Å². The summed E-state index contributed by atoms with van der Waals surface area (Å²) in [5, 5.41) is 0. The Morgan fingerprint density at radius 3 is 2.24 bits per heavy atom. The van der Waals surface area contributed by atoms with E-state index in [-0.39, 0.29) is 0 Å². The van der Waals surface area contributed by atoms with E-state index in [4.69, 9.17) is 9.47 Å². The van der Waals surface area contributed by atoms with Crippen molar-refractivity contribution in [2.24, 2.45) is 11.8 Å². The van der Waals surface area contributed by atoms with E-state index < -0.39 is 0 Å². The largest absolute Gasteiger partial charge is 0.497 e. The van der Waals surface area contributed by atoms with E-state index in [0.29, 0.717) is 5.92 Å². The Bertz CT molecular complexity index is 684. The lowest BCUT2D eigenvalue weighted by Crippen LogP contribution is -2.02. The number of methoxy groups -OCH3 is 2. The van der Waals surface area contributed by atoms with Gasteiger partial charge in [0.15, 0.2) is 0 Å². The van der Waals surface area contributed by atoms with Gasteiger partial charge in [-0.25, -0.2) is 0 Å². The second kappa shape index (κ2) is 12.8. The molecule has 0 radical (unpaired) electrons. The molecule has 29 heavy (non-hydrogen) atoms. The predicted molar refractivity (Wildman–Crippen MR) is 127 cm³/mol. The van der Waals surface area contributed by atoms with Gasteiger partial charge in [-0.05, 0) is 79.2 Å². The zero-order chi connectivity index (χ0) is 22.0. The van der Waals surface area contributed by atoms with Gasteiger partial charge in [0.2, 0.25) is 0 Å². The number of rotatable bonds is 7. The summed E-state index contributed by atoms with van der Waals surface area (Å²) in [5.41, 5.74) is 5.75. The second-order valence-electron chi connectivity index (χ2n) is 7.91. The molecule has 3 atom stereocenters. The normalized spacial score (nSPS) is 20.2. The number of aryl methyl sites for hydroxylation is 1. The third kappa shape index (κ3) is 6.66. The maximum atomic E-state index is 5.41. The topological polar surface area (TPSA) is 18.5 Å². The van der Waals surface area contributed by atoms with Crippen LogP contribution in [0.2, 0.25) is 0 Å². The summed E-state index contributed by atoms with van der Waals surface area (Å²) in [7, 11) is 3.53. The van der Waals surface area contributed by atoms with Crippen LogP contribution in [0.3, 0.4) is 0 Å². The molecule has 0 N–H and O–H groups in total. The van der Waals surface area contributed by atoms with E-state index in [2.05, 4.69) is 58.9 Å². The lowest BCUT2D eigenvalue weighted by Gasteiger charge is -2.15. The van der Waals surface area contributed by atoms with Crippen LogP contribution in [0.4, 0.5) is 0 Å². The Labute approximate surface area is 180 Å². The minimum Gasteiger partial charge on any atom is -0.497 e. The minimum atomic E-state index is 0.579. The number of fused-ring (bicyclic) bond motifs is 1. The molecule has 164 valence electrons. The summed E-state index contributed by atoms with van der Waals surface area (Å²) in [5.74, 6) is 4.44. The zero-order valence-electron chi connectivity index (χ0n) is 20.4. The highest BCUT2D eigenvalue weighted by atomic mass is 16.5. The van der Waals surface area contributed by atoms with Crippen LogP contribution in [-0.4, -0.2) is 14.2 Å². The smallest absolute Gasteiger partial charge is 0.122 e. The highest BCUT2D eigenvalue weighted by Gasteiger charge is 2.43. The molecule has 2 aliphatic rings. The van der Waals surface area contributed by atoms with Crippen LogP contribution in [-0.2, 0) is 11.2 Å². The SMILES string of the molecule is CC.CCCC1=CC(OC)=C(C)C2CC12.CCc1ccc(C(C)CC)c(OC)c1. The molecule has 0 heterocycles. The molecule has 0 amide bonds. The van der Waals surface area contributed by atoms with Crippen LogP contribution in [0, 0.1) is 11.8 Å². The van der Waals surface area contributed by atoms with E-state index >= 15 is 0 Å². The van der Waals surface area contributed by atoms with Crippen LogP contribution in [0.5, 0.6) is 5.75 Å². The van der Waals surface area contributed by atoms with Gasteiger partial charge in [0, 0.05) is 0 Å². The maximum Gasteiger partial charge on any atom is 0.122 e. The first-order valence-corrected chi connectivity index (χ1v) is 11.6. The molecule has 0 saturated heterocycles. The number of hydrogen-bond acceptors (Lipinski definition) is 2. The minimum absolute atomic E-state index is 0.579. The second-order valence-corrected chi connectivity index (χ2v) is 7.91. The fourth-order valence-electron chi connectivity index (χ4n) is 4.02. The highest BCUT2D eigenvalue weighted by molar-refractivity contribution is 5.40. The van der Waals surface area contributed by atoms with Gasteiger partial charge < -0.3 is 9.47 Å². The average Bonchev–Trinajstić information content (AvgIpc) is 3.58. The molecule has 2 heteroatoms. The van der Waals surface area contributed by atoms with Crippen molar-refractivity contribution in [2.75, 3.05) is 14.2 Å². The van der Waals surface area contributed by atoms with E-state index in [0.717, 1.165) is 36.2 Å². The molecule has 1 aromatic carbocycles. The number of ether oxygens (including phenoxy) is 2. The quantitative estimate of drug-likeness (QED) is 0.460. The number of hydrogen-bond donors (Lipinski definition) is 0. The molecule has 0 spiro atoms. The van der Waals surface area contributed by atoms with Crippen LogP contribution >= 0.6 is 0 Å². The fraction of sp³-hybridized carbons (Fsp3) is 0.630. The molecule has 2 aliphatic carbocycles. The van der Waals surface area contributed by atoms with E-state index in [1.807, 2.05) is 13.8 Å². The number of allylic oxidation sites excluding steroid dienone is 3. The van der Waals surface area contributed by atoms with Gasteiger partial charge in [-0.15, -0.1) is 0 Å². The number of benzene rings is 1. The van der Waals surface area contributed by atoms with Crippen molar-refractivity contribution in [3.05, 3.63) is 52.3 Å². The van der Waals surface area contributed by atoms with Crippen molar-refractivity contribution < 1.29 is 9.47 Å². The molecule has 0 aliphatic heterocycles. The molecule has 3 unspecified atom stereocenters. The summed E-state index contributed by atoms with van der Waals surface area (Å²) in [6, 6.07) is 6.55. The molecule has 1 saturated carbocycles. The van der Waals surface area contributed by atoms with Crippen molar-refractivity contribution in [3.63, 3.8) is 0 Å². The zero-order valence-corrected chi connectivity index (χ0v) is 20.4. The van der Waals surface area contributed by atoms with Crippen molar-refractivity contribution in [1.82, 2.24) is 0 Å². The third-order valence-electron chi connectivity index (χ3n) is 6.14. The van der Waals surface area contributed by atoms with Gasteiger partial charge in [-0.1, -0.05) is 65.7 Å². The standard InChI is InChI=1S/C13H20O.C12H18O.C2H6/c1-5-10(3)12-8-7-11(6-2)9-13(12)14-4;1-4-5-9-6-12(13-3)8(2)10-7-11(9)10;1-2/h7-10H,5-6H2,1-4H3;6,10-11H,4-5,7H2,1-3H3;1-2H3. The van der Waals surface area contributed by atoms with Gasteiger partial charge >= 0.3 is 0 Å². The van der Waals surface area contributed by atoms with Crippen molar-refractivity contribution >= 4 is 0 Å². The van der Waals surface area contributed by atoms with Crippen LogP contribution < -0.4 is 4.74 Å². The predicted octanol–water partition coefficient (Wildman–Crippen LogP) is 8.08. The molecule has 0 aromatic heterocycles. The summed E-state index contributed by atoms with van der Waals surface area (Å²) < 4.78 is 10.8. The van der Waals surface area contributed by atoms with E-state index in [1.165, 1.54) is 36.0 Å². The Hall–Kier alpha value is -1.70. The van der Waals surface area contributed by atoms with Gasteiger partial charge in [0.1, 0.15) is 11.5 Å². The Morgan fingerprint density at radius 1 is 1.03 bits per heavy atom. The van der Waals surface area contributed by atoms with Gasteiger partial charge in [-0.2, -0.15) is 0 Å². The first-order valence-electron chi connectivity index (χ1n) is 11.6. The first-order chi connectivity index (χ1) is 14.0. The summed E-state index contributed by atoms with van der Waals surface area (Å²) in [4.78, 5) is 0. The molecule has 0 bridgehead atoms. The molecular formula is C27H44O2. The molecule has 3 rings (SSSR count). The lowest BCUT2D eigenvalue weighted by atomic mass is 9.95. The van der Waals surface area contributed by atoms with Crippen LogP contribution in [0.15, 0.2) is 41.2 Å². The lowest BCUT2D eigenvalue weighted by molar-refractivity contribution is 0.297. The van der Waals surface area contributed by atoms with E-state index in [9.17, 15) is 0 Å². The molecular weight excluding hydrogens is 356 g/mol. The monoisotopic (exact) mass is 400 g/mol. The van der Waals surface area contributed by atoms with Gasteiger partial charge in [-0.3, -0.25) is 0 Å². The summed E-state index contributed by atoms with van der Waals surface area (Å²) in [6.45, 7) is 15.1. The van der Waals surface area contributed by atoms with Crippen LogP contribution in [0.25, 0.3) is 0 Å². The average molecular weight is 401 g/mol. The Morgan fingerprint density at radius 2 is 1.72 bits per heavy atom. The van der Waals surface area contributed by atoms with Crippen molar-refractivity contribution in [1.29, 1.82) is 0 Å². The van der Waals surface area contributed by atoms with Crippen molar-refractivity contribution in [2.45, 2.75) is 86.5 Å². The van der Waals surface area contributed by atoms with Gasteiger partial charge in [0.25, 0.3) is 0 Å². The Balaban J connectivity index is 0.000000268. The third-order valence-corrected chi connectivity index (χ3v) is 6.14. The highest BCUT2D eigenvalue weighted by Crippen LogP contribution is 2.53. The summed E-state index contributed by atoms with van der Waals surface area (Å²) in [6.07, 6.45) is 8.36. The molecule has 1 aromatic rings. The first kappa shape index (κ1) is 25.3. The summed E-state index contributed by atoms with van der Waals surface area (Å²) >= 11 is 0. The Kier molecular flexibility index (Phi) is 11.2. The molecule has 2 nitrogen and oxygen atoms in total.